The summed E-state index contributed by atoms with van der Waals surface area (Å²) in [5.74, 6) is 0.0376. The Morgan fingerprint density at radius 2 is 1.70 bits per heavy atom. The minimum atomic E-state index is 0.0376. The summed E-state index contributed by atoms with van der Waals surface area (Å²) in [6.45, 7) is 8.33. The first kappa shape index (κ1) is 18.9. The molecule has 0 fully saturated rings. The normalized spacial score (nSPS) is 10.9. The van der Waals surface area contributed by atoms with Crippen molar-refractivity contribution in [3.63, 3.8) is 0 Å². The standard InChI is InChI=1S/C21H27N5O/c1-4-7-8-21(27)22-16-9-14-19-20(15-16)24-26(23-19)18-12-10-17(11-13-18)25(5-2)6-3/h9-15H,4-8H2,1-3H3,(H,22,27). The lowest BCUT2D eigenvalue weighted by Crippen LogP contribution is -2.21. The lowest BCUT2D eigenvalue weighted by atomic mass is 10.2. The van der Waals surface area contributed by atoms with E-state index < -0.39 is 0 Å². The molecule has 1 heterocycles. The van der Waals surface area contributed by atoms with Crippen molar-refractivity contribution in [2.75, 3.05) is 23.3 Å². The average Bonchev–Trinajstić information content (AvgIpc) is 3.11. The Morgan fingerprint density at radius 3 is 2.37 bits per heavy atom. The summed E-state index contributed by atoms with van der Waals surface area (Å²) >= 11 is 0. The Labute approximate surface area is 160 Å². The first-order valence-corrected chi connectivity index (χ1v) is 9.67. The Kier molecular flexibility index (Phi) is 6.06. The molecular weight excluding hydrogens is 338 g/mol. The number of hydrogen-bond donors (Lipinski definition) is 1. The molecule has 6 nitrogen and oxygen atoms in total. The largest absolute Gasteiger partial charge is 0.372 e. The molecule has 3 rings (SSSR count). The number of unbranched alkanes of at least 4 members (excludes halogenated alkanes) is 1. The van der Waals surface area contributed by atoms with Crippen LogP contribution in [0.1, 0.15) is 40.0 Å². The summed E-state index contributed by atoms with van der Waals surface area (Å²) in [5, 5.41) is 12.0. The first-order valence-electron chi connectivity index (χ1n) is 9.67. The number of anilines is 2. The van der Waals surface area contributed by atoms with E-state index >= 15 is 0 Å². The van der Waals surface area contributed by atoms with Crippen LogP contribution < -0.4 is 10.2 Å². The fourth-order valence-corrected chi connectivity index (χ4v) is 3.05. The van der Waals surface area contributed by atoms with Gasteiger partial charge in [0.05, 0.1) is 5.69 Å². The van der Waals surface area contributed by atoms with E-state index in [1.807, 2.05) is 30.3 Å². The van der Waals surface area contributed by atoms with Crippen molar-refractivity contribution in [1.82, 2.24) is 15.0 Å². The molecule has 0 radical (unpaired) electrons. The molecule has 0 aliphatic heterocycles. The van der Waals surface area contributed by atoms with Gasteiger partial charge >= 0.3 is 0 Å². The van der Waals surface area contributed by atoms with Crippen LogP contribution >= 0.6 is 0 Å². The molecule has 0 spiro atoms. The Morgan fingerprint density at radius 1 is 1.00 bits per heavy atom. The molecule has 0 aliphatic carbocycles. The van der Waals surface area contributed by atoms with Crippen LogP contribution in [0.3, 0.4) is 0 Å². The highest BCUT2D eigenvalue weighted by atomic mass is 16.1. The molecule has 1 N–H and O–H groups in total. The Bertz CT molecular complexity index is 897. The smallest absolute Gasteiger partial charge is 0.224 e. The van der Waals surface area contributed by atoms with Crippen LogP contribution in [0.15, 0.2) is 42.5 Å². The zero-order valence-corrected chi connectivity index (χ0v) is 16.3. The van der Waals surface area contributed by atoms with Gasteiger partial charge in [0.15, 0.2) is 0 Å². The van der Waals surface area contributed by atoms with Crippen LogP contribution in [0.4, 0.5) is 11.4 Å². The second-order valence-electron chi connectivity index (χ2n) is 6.53. The predicted octanol–water partition coefficient (Wildman–Crippen LogP) is 4.40. The molecule has 0 saturated carbocycles. The number of carbonyl (C=O) groups is 1. The molecule has 0 unspecified atom stereocenters. The van der Waals surface area contributed by atoms with Crippen molar-refractivity contribution in [3.8, 4) is 5.69 Å². The first-order chi connectivity index (χ1) is 13.1. The SMILES string of the molecule is CCCCC(=O)Nc1ccc2nn(-c3ccc(N(CC)CC)cc3)nc2c1. The maximum atomic E-state index is 11.9. The molecule has 1 amide bonds. The fraction of sp³-hybridized carbons (Fsp3) is 0.381. The van der Waals surface area contributed by atoms with Crippen molar-refractivity contribution < 1.29 is 4.79 Å². The van der Waals surface area contributed by atoms with Crippen molar-refractivity contribution in [2.24, 2.45) is 0 Å². The van der Waals surface area contributed by atoms with Gasteiger partial charge in [0.25, 0.3) is 0 Å². The van der Waals surface area contributed by atoms with Crippen molar-refractivity contribution in [3.05, 3.63) is 42.5 Å². The van der Waals surface area contributed by atoms with Gasteiger partial charge in [-0.1, -0.05) is 13.3 Å². The van der Waals surface area contributed by atoms with Crippen molar-refractivity contribution >= 4 is 28.3 Å². The summed E-state index contributed by atoms with van der Waals surface area (Å²) in [7, 11) is 0. The predicted molar refractivity (Wildman–Crippen MR) is 111 cm³/mol. The average molecular weight is 365 g/mol. The second-order valence-corrected chi connectivity index (χ2v) is 6.53. The Balaban J connectivity index is 1.79. The van der Waals surface area contributed by atoms with E-state index in [9.17, 15) is 4.79 Å². The van der Waals surface area contributed by atoms with Gasteiger partial charge < -0.3 is 10.2 Å². The number of hydrogen-bond acceptors (Lipinski definition) is 4. The van der Waals surface area contributed by atoms with Gasteiger partial charge in [-0.25, -0.2) is 0 Å². The molecular formula is C21H27N5O. The van der Waals surface area contributed by atoms with E-state index in [0.29, 0.717) is 6.42 Å². The Hall–Kier alpha value is -2.89. The van der Waals surface area contributed by atoms with Gasteiger partial charge in [0, 0.05) is 30.9 Å². The minimum Gasteiger partial charge on any atom is -0.372 e. The third kappa shape index (κ3) is 4.45. The van der Waals surface area contributed by atoms with Gasteiger partial charge in [-0.2, -0.15) is 4.80 Å². The van der Waals surface area contributed by atoms with E-state index in [1.165, 1.54) is 5.69 Å². The van der Waals surface area contributed by atoms with Crippen LogP contribution in [0, 0.1) is 0 Å². The fourth-order valence-electron chi connectivity index (χ4n) is 3.05. The number of aromatic nitrogens is 3. The number of fused-ring (bicyclic) bond motifs is 1. The van der Waals surface area contributed by atoms with Crippen LogP contribution in [0.2, 0.25) is 0 Å². The molecule has 3 aromatic rings. The zero-order chi connectivity index (χ0) is 19.2. The van der Waals surface area contributed by atoms with E-state index in [-0.39, 0.29) is 5.91 Å². The minimum absolute atomic E-state index is 0.0376. The monoisotopic (exact) mass is 365 g/mol. The summed E-state index contributed by atoms with van der Waals surface area (Å²) in [6, 6.07) is 13.9. The molecule has 27 heavy (non-hydrogen) atoms. The van der Waals surface area contributed by atoms with Crippen molar-refractivity contribution in [1.29, 1.82) is 0 Å². The topological polar surface area (TPSA) is 63.1 Å². The number of amides is 1. The molecule has 0 aliphatic rings. The van der Waals surface area contributed by atoms with E-state index in [1.54, 1.807) is 4.80 Å². The van der Waals surface area contributed by atoms with Gasteiger partial charge in [0.2, 0.25) is 5.91 Å². The van der Waals surface area contributed by atoms with Crippen molar-refractivity contribution in [2.45, 2.75) is 40.0 Å². The lowest BCUT2D eigenvalue weighted by molar-refractivity contribution is -0.116. The summed E-state index contributed by atoms with van der Waals surface area (Å²) in [5.41, 5.74) is 4.42. The second kappa shape index (κ2) is 8.66. The summed E-state index contributed by atoms with van der Waals surface area (Å²) in [4.78, 5) is 15.8. The number of benzene rings is 2. The van der Waals surface area contributed by atoms with Crippen LogP contribution in [0.25, 0.3) is 16.7 Å². The molecule has 2 aromatic carbocycles. The third-order valence-corrected chi connectivity index (χ3v) is 4.63. The number of rotatable bonds is 8. The maximum Gasteiger partial charge on any atom is 0.224 e. The summed E-state index contributed by atoms with van der Waals surface area (Å²) in [6.07, 6.45) is 2.45. The molecule has 6 heteroatoms. The highest BCUT2D eigenvalue weighted by Gasteiger charge is 2.08. The highest BCUT2D eigenvalue weighted by molar-refractivity contribution is 5.92. The quantitative estimate of drug-likeness (QED) is 0.643. The van der Waals surface area contributed by atoms with E-state index in [4.69, 9.17) is 0 Å². The van der Waals surface area contributed by atoms with Gasteiger partial charge in [0.1, 0.15) is 11.0 Å². The van der Waals surface area contributed by atoms with E-state index in [0.717, 1.165) is 48.3 Å². The molecule has 142 valence electrons. The molecule has 1 aromatic heterocycles. The molecule has 0 saturated heterocycles. The maximum absolute atomic E-state index is 11.9. The van der Waals surface area contributed by atoms with Crippen LogP contribution in [-0.4, -0.2) is 34.0 Å². The van der Waals surface area contributed by atoms with Gasteiger partial charge in [-0.05, 0) is 62.7 Å². The van der Waals surface area contributed by atoms with Gasteiger partial charge in [-0.15, -0.1) is 10.2 Å². The summed E-state index contributed by atoms with van der Waals surface area (Å²) < 4.78 is 0. The van der Waals surface area contributed by atoms with Gasteiger partial charge in [-0.3, -0.25) is 4.79 Å². The molecule has 0 atom stereocenters. The van der Waals surface area contributed by atoms with Crippen LogP contribution in [-0.2, 0) is 4.79 Å². The third-order valence-electron chi connectivity index (χ3n) is 4.63. The van der Waals surface area contributed by atoms with Crippen LogP contribution in [0.5, 0.6) is 0 Å². The number of nitrogens with one attached hydrogen (secondary N) is 1. The lowest BCUT2D eigenvalue weighted by Gasteiger charge is -2.20. The zero-order valence-electron chi connectivity index (χ0n) is 16.3. The van der Waals surface area contributed by atoms with E-state index in [2.05, 4.69) is 53.3 Å². The molecule has 0 bridgehead atoms. The highest BCUT2D eigenvalue weighted by Crippen LogP contribution is 2.20. The number of nitrogens with zero attached hydrogens (tertiary/aromatic N) is 4. The number of carbonyl (C=O) groups excluding carboxylic acids is 1.